The van der Waals surface area contributed by atoms with Gasteiger partial charge in [-0.05, 0) is 74.2 Å². The van der Waals surface area contributed by atoms with Crippen molar-refractivity contribution in [2.45, 2.75) is 37.8 Å². The van der Waals surface area contributed by atoms with Crippen molar-refractivity contribution in [3.63, 3.8) is 0 Å². The minimum atomic E-state index is -0.0370. The van der Waals surface area contributed by atoms with E-state index in [1.807, 2.05) is 24.3 Å². The summed E-state index contributed by atoms with van der Waals surface area (Å²) >= 11 is 12.0. The van der Waals surface area contributed by atoms with E-state index in [2.05, 4.69) is 15.6 Å². The number of carbonyl (C=O) groups excluding carboxylic acids is 1. The molecule has 0 atom stereocenters. The van der Waals surface area contributed by atoms with E-state index in [1.54, 1.807) is 30.5 Å². The molecule has 3 aromatic rings. The average Bonchev–Trinajstić information content (AvgIpc) is 2.70. The number of fused-ring (bicyclic) bond motifs is 1. The smallest absolute Gasteiger partial charge is 0.251 e. The van der Waals surface area contributed by atoms with E-state index in [1.165, 1.54) is 0 Å². The highest BCUT2D eigenvalue weighted by Crippen LogP contribution is 2.28. The van der Waals surface area contributed by atoms with Gasteiger partial charge < -0.3 is 10.6 Å². The van der Waals surface area contributed by atoms with E-state index in [9.17, 15) is 4.79 Å². The molecule has 28 heavy (non-hydrogen) atoms. The maximum absolute atomic E-state index is 12.4. The molecule has 0 radical (unpaired) electrons. The summed E-state index contributed by atoms with van der Waals surface area (Å²) in [4.78, 5) is 16.8. The van der Waals surface area contributed by atoms with Crippen LogP contribution >= 0.6 is 23.2 Å². The fourth-order valence-corrected chi connectivity index (χ4v) is 4.01. The summed E-state index contributed by atoms with van der Waals surface area (Å²) in [7, 11) is 0. The third-order valence-corrected chi connectivity index (χ3v) is 5.72. The Bertz CT molecular complexity index is 983. The molecule has 2 aromatic carbocycles. The minimum Gasteiger partial charge on any atom is -0.382 e. The molecular formula is C22H21Cl2N3O. The van der Waals surface area contributed by atoms with Crippen molar-refractivity contribution in [3.05, 3.63) is 70.3 Å². The number of pyridine rings is 1. The lowest BCUT2D eigenvalue weighted by atomic mass is 9.90. The van der Waals surface area contributed by atoms with Crippen LogP contribution in [-0.2, 0) is 0 Å². The van der Waals surface area contributed by atoms with Gasteiger partial charge in [-0.1, -0.05) is 23.2 Å². The molecule has 0 aliphatic heterocycles. The van der Waals surface area contributed by atoms with Crippen LogP contribution in [0.3, 0.4) is 0 Å². The second-order valence-electron chi connectivity index (χ2n) is 7.19. The number of anilines is 1. The van der Waals surface area contributed by atoms with E-state index in [0.29, 0.717) is 21.7 Å². The number of hydrogen-bond acceptors (Lipinski definition) is 3. The van der Waals surface area contributed by atoms with Crippen molar-refractivity contribution in [3.8, 4) is 0 Å². The molecule has 1 amide bonds. The van der Waals surface area contributed by atoms with Gasteiger partial charge >= 0.3 is 0 Å². The summed E-state index contributed by atoms with van der Waals surface area (Å²) < 4.78 is 0. The number of amides is 1. The zero-order valence-corrected chi connectivity index (χ0v) is 16.8. The first-order valence-corrected chi connectivity index (χ1v) is 10.2. The third kappa shape index (κ3) is 4.40. The largest absolute Gasteiger partial charge is 0.382 e. The summed E-state index contributed by atoms with van der Waals surface area (Å²) in [5.41, 5.74) is 2.61. The lowest BCUT2D eigenvalue weighted by Crippen LogP contribution is -2.40. The van der Waals surface area contributed by atoms with Crippen LogP contribution in [0.2, 0.25) is 10.0 Å². The molecule has 1 aliphatic rings. The van der Waals surface area contributed by atoms with Crippen LogP contribution in [0.1, 0.15) is 36.0 Å². The second kappa shape index (κ2) is 8.38. The zero-order valence-electron chi connectivity index (χ0n) is 15.3. The molecule has 1 heterocycles. The molecule has 0 saturated heterocycles. The lowest BCUT2D eigenvalue weighted by Gasteiger charge is -2.30. The van der Waals surface area contributed by atoms with Gasteiger partial charge in [-0.25, -0.2) is 0 Å². The van der Waals surface area contributed by atoms with Gasteiger partial charge in [0.1, 0.15) is 0 Å². The fourth-order valence-electron chi connectivity index (χ4n) is 3.72. The minimum absolute atomic E-state index is 0.0370. The quantitative estimate of drug-likeness (QED) is 0.576. The molecule has 2 N–H and O–H groups in total. The predicted molar refractivity (Wildman–Crippen MR) is 115 cm³/mol. The predicted octanol–water partition coefficient (Wildman–Crippen LogP) is 5.69. The summed E-state index contributed by atoms with van der Waals surface area (Å²) in [5.74, 6) is -0.0370. The topological polar surface area (TPSA) is 54.0 Å². The fraction of sp³-hybridized carbons (Fsp3) is 0.273. The zero-order chi connectivity index (χ0) is 19.5. The summed E-state index contributed by atoms with van der Waals surface area (Å²) in [6.45, 7) is 0. The van der Waals surface area contributed by atoms with Crippen LogP contribution in [0.4, 0.5) is 5.69 Å². The maximum atomic E-state index is 12.4. The number of benzene rings is 2. The van der Waals surface area contributed by atoms with Crippen LogP contribution in [0.5, 0.6) is 0 Å². The normalized spacial score (nSPS) is 19.4. The van der Waals surface area contributed by atoms with Crippen molar-refractivity contribution in [1.29, 1.82) is 0 Å². The van der Waals surface area contributed by atoms with Crippen LogP contribution in [-0.4, -0.2) is 23.0 Å². The molecule has 0 unspecified atom stereocenters. The Morgan fingerprint density at radius 3 is 2.32 bits per heavy atom. The van der Waals surface area contributed by atoms with E-state index in [4.69, 9.17) is 23.2 Å². The highest BCUT2D eigenvalue weighted by molar-refractivity contribution is 6.31. The molecule has 6 heteroatoms. The standard InChI is InChI=1S/C22H21Cl2N3O/c23-15-3-1-14(2-4-15)22(28)27-18-8-6-17(7-9-18)26-20-11-12-25-21-13-16(24)5-10-19(20)21/h1-5,10-13,17-18H,6-9H2,(H,25,26)(H,27,28). The maximum Gasteiger partial charge on any atom is 0.251 e. The van der Waals surface area contributed by atoms with Gasteiger partial charge in [0.05, 0.1) is 5.52 Å². The van der Waals surface area contributed by atoms with Crippen molar-refractivity contribution in [1.82, 2.24) is 10.3 Å². The molecule has 4 nitrogen and oxygen atoms in total. The molecule has 0 bridgehead atoms. The van der Waals surface area contributed by atoms with Gasteiger partial charge in [0.25, 0.3) is 5.91 Å². The number of hydrogen-bond donors (Lipinski definition) is 2. The SMILES string of the molecule is O=C(NC1CCC(Nc2ccnc3cc(Cl)ccc23)CC1)c1ccc(Cl)cc1. The Morgan fingerprint density at radius 2 is 1.57 bits per heavy atom. The monoisotopic (exact) mass is 413 g/mol. The summed E-state index contributed by atoms with van der Waals surface area (Å²) in [5, 5.41) is 9.18. The van der Waals surface area contributed by atoms with E-state index >= 15 is 0 Å². The van der Waals surface area contributed by atoms with Gasteiger partial charge in [0.15, 0.2) is 0 Å². The number of nitrogens with one attached hydrogen (secondary N) is 2. The Balaban J connectivity index is 1.34. The molecule has 1 saturated carbocycles. The van der Waals surface area contributed by atoms with Crippen LogP contribution in [0.25, 0.3) is 10.9 Å². The summed E-state index contributed by atoms with van der Waals surface area (Å²) in [6.07, 6.45) is 5.71. The van der Waals surface area contributed by atoms with Gasteiger partial charge in [-0.15, -0.1) is 0 Å². The van der Waals surface area contributed by atoms with Crippen molar-refractivity contribution in [2.24, 2.45) is 0 Å². The first kappa shape index (κ1) is 19.0. The number of carbonyl (C=O) groups is 1. The van der Waals surface area contributed by atoms with Gasteiger partial charge in [0, 0.05) is 45.0 Å². The highest BCUT2D eigenvalue weighted by Gasteiger charge is 2.23. The molecule has 1 aliphatic carbocycles. The molecule has 0 spiro atoms. The van der Waals surface area contributed by atoms with E-state index in [0.717, 1.165) is 42.3 Å². The molecule has 144 valence electrons. The van der Waals surface area contributed by atoms with Crippen LogP contribution in [0.15, 0.2) is 54.7 Å². The first-order valence-electron chi connectivity index (χ1n) is 9.46. The number of aromatic nitrogens is 1. The second-order valence-corrected chi connectivity index (χ2v) is 8.07. The molecule has 1 fully saturated rings. The lowest BCUT2D eigenvalue weighted by molar-refractivity contribution is 0.0926. The van der Waals surface area contributed by atoms with Crippen LogP contribution in [0, 0.1) is 0 Å². The summed E-state index contributed by atoms with van der Waals surface area (Å²) in [6, 6.07) is 15.4. The molecule has 4 rings (SSSR count). The Morgan fingerprint density at radius 1 is 0.893 bits per heavy atom. The molecular weight excluding hydrogens is 393 g/mol. The number of rotatable bonds is 4. The van der Waals surface area contributed by atoms with Gasteiger partial charge in [-0.2, -0.15) is 0 Å². The Labute approximate surface area is 174 Å². The molecule has 1 aromatic heterocycles. The van der Waals surface area contributed by atoms with Crippen molar-refractivity contribution in [2.75, 3.05) is 5.32 Å². The van der Waals surface area contributed by atoms with Gasteiger partial charge in [-0.3, -0.25) is 9.78 Å². The van der Waals surface area contributed by atoms with Crippen molar-refractivity contribution >= 4 is 45.7 Å². The van der Waals surface area contributed by atoms with E-state index in [-0.39, 0.29) is 11.9 Å². The third-order valence-electron chi connectivity index (χ3n) is 5.23. The Kier molecular flexibility index (Phi) is 5.69. The number of halogens is 2. The average molecular weight is 414 g/mol. The van der Waals surface area contributed by atoms with Crippen LogP contribution < -0.4 is 10.6 Å². The van der Waals surface area contributed by atoms with Crippen molar-refractivity contribution < 1.29 is 4.79 Å². The van der Waals surface area contributed by atoms with E-state index < -0.39 is 0 Å². The number of nitrogens with zero attached hydrogens (tertiary/aromatic N) is 1. The van der Waals surface area contributed by atoms with Gasteiger partial charge in [0.2, 0.25) is 0 Å². The Hall–Kier alpha value is -2.30. The first-order chi connectivity index (χ1) is 13.6. The highest BCUT2D eigenvalue weighted by atomic mass is 35.5.